The number of aliphatic imine (C=N–C) groups is 1. The Morgan fingerprint density at radius 2 is 1.49 bits per heavy atom. The van der Waals surface area contributed by atoms with Gasteiger partial charge in [-0.1, -0.05) is 27.7 Å². The molecule has 3 rings (SSSR count). The van der Waals surface area contributed by atoms with Gasteiger partial charge in [0.05, 0.1) is 47.6 Å². The van der Waals surface area contributed by atoms with Gasteiger partial charge in [0.25, 0.3) is 0 Å². The Morgan fingerprint density at radius 3 is 2.02 bits per heavy atom. The standard InChI is InChI=1S/C39H72N2O12/c1-16-27-39(10,46)32(43)22(4)29(40-11)20(2)18-38(9,48-15)34(53-36-30(42)26(41(12)13)17-21(3)49-36)23(5)31(24(6)35(45)51-27)52-28-19-37(8,47-14)33(44)25(7)50-28/h20-28,30-34,36,42-44,46H,16-19H2,1-15H3/t20-,21-,22+,23+,24-,25+,26+,27-,28+,30-,31+,32-,33+,34-,36+,37-,38-,39-/m1/s1. The maximum Gasteiger partial charge on any atom is 0.311 e. The van der Waals surface area contributed by atoms with E-state index in [1.165, 1.54) is 14.0 Å². The van der Waals surface area contributed by atoms with Crippen LogP contribution in [0, 0.1) is 23.7 Å². The summed E-state index contributed by atoms with van der Waals surface area (Å²) in [6, 6.07) is -0.249. The highest BCUT2D eigenvalue weighted by atomic mass is 16.7. The summed E-state index contributed by atoms with van der Waals surface area (Å²) in [7, 11) is 8.58. The van der Waals surface area contributed by atoms with Crippen molar-refractivity contribution in [2.75, 3.05) is 35.4 Å². The summed E-state index contributed by atoms with van der Waals surface area (Å²) >= 11 is 0. The fraction of sp³-hybridized carbons (Fsp3) is 0.949. The normalized spacial score (nSPS) is 49.1. The van der Waals surface area contributed by atoms with Gasteiger partial charge in [-0.05, 0) is 80.8 Å². The topological polar surface area (TPSA) is 178 Å². The zero-order chi connectivity index (χ0) is 40.4. The van der Waals surface area contributed by atoms with E-state index >= 15 is 0 Å². The van der Waals surface area contributed by atoms with Crippen LogP contribution in [0.2, 0.25) is 0 Å². The van der Waals surface area contributed by atoms with Crippen molar-refractivity contribution in [1.82, 2.24) is 4.90 Å². The molecule has 0 amide bonds. The van der Waals surface area contributed by atoms with Crippen molar-refractivity contribution in [1.29, 1.82) is 0 Å². The second kappa shape index (κ2) is 18.3. The number of methoxy groups -OCH3 is 2. The largest absolute Gasteiger partial charge is 0.459 e. The summed E-state index contributed by atoms with van der Waals surface area (Å²) < 4.78 is 44.4. The molecule has 310 valence electrons. The second-order valence-corrected chi connectivity index (χ2v) is 16.9. The van der Waals surface area contributed by atoms with Crippen LogP contribution in [-0.4, -0.2) is 157 Å². The van der Waals surface area contributed by atoms with Crippen LogP contribution in [-0.2, 0) is 38.0 Å². The van der Waals surface area contributed by atoms with Crippen molar-refractivity contribution in [2.45, 2.75) is 179 Å². The van der Waals surface area contributed by atoms with Crippen molar-refractivity contribution in [2.24, 2.45) is 28.7 Å². The lowest BCUT2D eigenvalue weighted by molar-refractivity contribution is -0.319. The predicted molar refractivity (Wildman–Crippen MR) is 199 cm³/mol. The van der Waals surface area contributed by atoms with Crippen molar-refractivity contribution in [3.63, 3.8) is 0 Å². The van der Waals surface area contributed by atoms with E-state index in [-0.39, 0.29) is 30.9 Å². The van der Waals surface area contributed by atoms with Gasteiger partial charge in [-0.2, -0.15) is 0 Å². The van der Waals surface area contributed by atoms with Crippen molar-refractivity contribution in [3.8, 4) is 0 Å². The van der Waals surface area contributed by atoms with Gasteiger partial charge in [0.1, 0.15) is 23.9 Å². The van der Waals surface area contributed by atoms with Gasteiger partial charge >= 0.3 is 5.97 Å². The smallest absolute Gasteiger partial charge is 0.311 e. The third-order valence-corrected chi connectivity index (χ3v) is 12.6. The van der Waals surface area contributed by atoms with E-state index in [0.717, 1.165) is 0 Å². The first-order chi connectivity index (χ1) is 24.5. The molecular formula is C39H72N2O12. The number of aliphatic hydroxyl groups is 4. The molecule has 0 aromatic carbocycles. The Hall–Kier alpha value is -1.30. The fourth-order valence-electron chi connectivity index (χ4n) is 9.02. The van der Waals surface area contributed by atoms with Gasteiger partial charge in [-0.15, -0.1) is 0 Å². The quantitative estimate of drug-likeness (QED) is 0.266. The number of nitrogens with zero attached hydrogens (tertiary/aromatic N) is 2. The number of carbonyl (C=O) groups is 1. The SMILES string of the molecule is CC[C@H]1OC(=O)[C@H](C)[C@@H](O[C@H]2C[C@@](C)(OC)[C@@H](O)[C@H](C)O2)[C@H](C)[C@@H](O[C@@H]2O[C@H](C)C[C@H](N(C)C)[C@H]2O)[C@](C)(OC)C[C@@H](C)C(=NC)[C@H](C)[C@@H](O)[C@]1(C)O. The second-order valence-electron chi connectivity index (χ2n) is 16.9. The molecule has 4 N–H and O–H groups in total. The lowest BCUT2D eigenvalue weighted by atomic mass is 9.73. The third-order valence-electron chi connectivity index (χ3n) is 12.6. The average Bonchev–Trinajstić information content (AvgIpc) is 3.10. The Labute approximate surface area is 317 Å². The lowest BCUT2D eigenvalue weighted by Gasteiger charge is -2.50. The average molecular weight is 761 g/mol. The molecule has 18 atom stereocenters. The molecular weight excluding hydrogens is 688 g/mol. The molecule has 0 spiro atoms. The Kier molecular flexibility index (Phi) is 15.9. The van der Waals surface area contributed by atoms with E-state index in [0.29, 0.717) is 18.6 Å². The molecule has 0 saturated carbocycles. The zero-order valence-corrected chi connectivity index (χ0v) is 34.9. The van der Waals surface area contributed by atoms with Gasteiger partial charge in [-0.3, -0.25) is 9.79 Å². The Morgan fingerprint density at radius 1 is 0.887 bits per heavy atom. The van der Waals surface area contributed by atoms with Crippen LogP contribution in [0.25, 0.3) is 0 Å². The number of rotatable bonds is 8. The van der Waals surface area contributed by atoms with Gasteiger partial charge in [0.2, 0.25) is 0 Å². The van der Waals surface area contributed by atoms with E-state index in [2.05, 4.69) is 4.99 Å². The first-order valence-corrected chi connectivity index (χ1v) is 19.3. The molecule has 3 aliphatic rings. The van der Waals surface area contributed by atoms with E-state index in [1.807, 2.05) is 46.7 Å². The molecule has 14 nitrogen and oxygen atoms in total. The molecule has 53 heavy (non-hydrogen) atoms. The first kappa shape index (κ1) is 46.1. The van der Waals surface area contributed by atoms with Crippen molar-refractivity contribution < 1.29 is 58.4 Å². The zero-order valence-electron chi connectivity index (χ0n) is 34.9. The van der Waals surface area contributed by atoms with E-state index in [9.17, 15) is 25.2 Å². The molecule has 3 saturated heterocycles. The molecule has 14 heteroatoms. The minimum Gasteiger partial charge on any atom is -0.459 e. The fourth-order valence-corrected chi connectivity index (χ4v) is 9.02. The lowest BCUT2D eigenvalue weighted by Crippen LogP contribution is -2.61. The molecule has 0 bridgehead atoms. The van der Waals surface area contributed by atoms with Gasteiger partial charge in [0.15, 0.2) is 12.6 Å². The highest BCUT2D eigenvalue weighted by Gasteiger charge is 2.53. The Balaban J connectivity index is 2.25. The van der Waals surface area contributed by atoms with Crippen LogP contribution in [0.4, 0.5) is 0 Å². The van der Waals surface area contributed by atoms with Crippen LogP contribution >= 0.6 is 0 Å². The number of hydrogen-bond donors (Lipinski definition) is 4. The number of esters is 1. The molecule has 3 fully saturated rings. The van der Waals surface area contributed by atoms with E-state index in [4.69, 9.17) is 33.2 Å². The number of aliphatic hydroxyl groups excluding tert-OH is 3. The summed E-state index contributed by atoms with van der Waals surface area (Å²) in [6.45, 7) is 18.0. The van der Waals surface area contributed by atoms with Crippen LogP contribution in [0.15, 0.2) is 4.99 Å². The third kappa shape index (κ3) is 9.81. The molecule has 0 aliphatic carbocycles. The van der Waals surface area contributed by atoms with Crippen LogP contribution in [0.5, 0.6) is 0 Å². The minimum atomic E-state index is -1.83. The molecule has 0 aromatic rings. The van der Waals surface area contributed by atoms with E-state index in [1.54, 1.807) is 48.8 Å². The minimum absolute atomic E-state index is 0.156. The maximum atomic E-state index is 14.3. The summed E-state index contributed by atoms with van der Waals surface area (Å²) in [5.41, 5.74) is -3.30. The highest BCUT2D eigenvalue weighted by molar-refractivity contribution is 5.89. The van der Waals surface area contributed by atoms with Crippen LogP contribution in [0.1, 0.15) is 94.9 Å². The van der Waals surface area contributed by atoms with Crippen LogP contribution < -0.4 is 0 Å². The van der Waals surface area contributed by atoms with Gasteiger partial charge in [0, 0.05) is 51.3 Å². The summed E-state index contributed by atoms with van der Waals surface area (Å²) in [5.74, 6) is -3.17. The van der Waals surface area contributed by atoms with Crippen LogP contribution in [0.3, 0.4) is 0 Å². The maximum absolute atomic E-state index is 14.3. The number of cyclic esters (lactones) is 1. The molecule has 0 radical (unpaired) electrons. The number of likely N-dealkylation sites (N-methyl/N-ethyl adjacent to an activating group) is 1. The number of hydrogen-bond acceptors (Lipinski definition) is 14. The summed E-state index contributed by atoms with van der Waals surface area (Å²) in [5, 5.41) is 46.1. The molecule has 0 unspecified atom stereocenters. The summed E-state index contributed by atoms with van der Waals surface area (Å²) in [4.78, 5) is 20.8. The first-order valence-electron chi connectivity index (χ1n) is 19.3. The molecule has 3 aliphatic heterocycles. The molecule has 0 aromatic heterocycles. The van der Waals surface area contributed by atoms with E-state index < -0.39 is 95.8 Å². The highest BCUT2D eigenvalue weighted by Crippen LogP contribution is 2.42. The summed E-state index contributed by atoms with van der Waals surface area (Å²) in [6.07, 6.45) is -7.68. The number of carbonyl (C=O) groups excluding carboxylic acids is 1. The molecule has 3 heterocycles. The van der Waals surface area contributed by atoms with Gasteiger partial charge < -0.3 is 58.5 Å². The Bertz CT molecular complexity index is 1220. The monoisotopic (exact) mass is 761 g/mol. The number of ether oxygens (including phenoxy) is 7. The van der Waals surface area contributed by atoms with Crippen molar-refractivity contribution >= 4 is 11.7 Å². The van der Waals surface area contributed by atoms with Crippen molar-refractivity contribution in [3.05, 3.63) is 0 Å². The van der Waals surface area contributed by atoms with Gasteiger partial charge in [-0.25, -0.2) is 0 Å². The predicted octanol–water partition coefficient (Wildman–Crippen LogP) is 2.94.